The molecular formula is C8H7BrN2. The number of hydrogen-bond donors (Lipinski definition) is 0. The second kappa shape index (κ2) is 4.09. The Morgan fingerprint density at radius 1 is 1.55 bits per heavy atom. The van der Waals surface area contributed by atoms with Crippen molar-refractivity contribution in [3.63, 3.8) is 0 Å². The van der Waals surface area contributed by atoms with Gasteiger partial charge in [-0.3, -0.25) is 4.98 Å². The predicted octanol–water partition coefficient (Wildman–Crippen LogP) is 2.08. The maximum Gasteiger partial charge on any atom is 0.0810 e. The first-order valence-corrected chi connectivity index (χ1v) is 4.36. The SMILES string of the molecule is N#CC(CBr)c1ccncc1. The maximum atomic E-state index is 8.68. The van der Waals surface area contributed by atoms with Gasteiger partial charge in [-0.25, -0.2) is 0 Å². The molecule has 1 heterocycles. The Morgan fingerprint density at radius 2 is 2.18 bits per heavy atom. The Hall–Kier alpha value is -0.880. The van der Waals surface area contributed by atoms with Crippen LogP contribution in [0.15, 0.2) is 24.5 Å². The first kappa shape index (κ1) is 8.22. The van der Waals surface area contributed by atoms with Crippen molar-refractivity contribution in [1.29, 1.82) is 5.26 Å². The molecule has 0 radical (unpaired) electrons. The van der Waals surface area contributed by atoms with Crippen molar-refractivity contribution in [1.82, 2.24) is 4.98 Å². The topological polar surface area (TPSA) is 36.7 Å². The van der Waals surface area contributed by atoms with Crippen LogP contribution in [-0.2, 0) is 0 Å². The zero-order chi connectivity index (χ0) is 8.10. The number of hydrogen-bond acceptors (Lipinski definition) is 2. The van der Waals surface area contributed by atoms with Crippen molar-refractivity contribution >= 4 is 15.9 Å². The molecule has 0 saturated heterocycles. The predicted molar refractivity (Wildman–Crippen MR) is 46.4 cm³/mol. The van der Waals surface area contributed by atoms with E-state index in [-0.39, 0.29) is 5.92 Å². The molecular weight excluding hydrogens is 204 g/mol. The molecule has 0 aliphatic carbocycles. The molecule has 0 aliphatic rings. The summed E-state index contributed by atoms with van der Waals surface area (Å²) in [6.45, 7) is 0. The second-order valence-corrected chi connectivity index (χ2v) is 2.76. The Labute approximate surface area is 74.0 Å². The van der Waals surface area contributed by atoms with Gasteiger partial charge in [-0.2, -0.15) is 5.26 Å². The van der Waals surface area contributed by atoms with Gasteiger partial charge >= 0.3 is 0 Å². The van der Waals surface area contributed by atoms with Gasteiger partial charge in [-0.15, -0.1) is 0 Å². The number of aromatic nitrogens is 1. The van der Waals surface area contributed by atoms with E-state index in [2.05, 4.69) is 27.0 Å². The third-order valence-electron chi connectivity index (χ3n) is 1.42. The molecule has 0 N–H and O–H groups in total. The molecule has 0 aromatic carbocycles. The third-order valence-corrected chi connectivity index (χ3v) is 2.07. The summed E-state index contributed by atoms with van der Waals surface area (Å²) in [6.07, 6.45) is 3.39. The smallest absolute Gasteiger partial charge is 0.0810 e. The molecule has 1 atom stereocenters. The molecule has 1 aromatic rings. The Balaban J connectivity index is 2.85. The molecule has 11 heavy (non-hydrogen) atoms. The van der Waals surface area contributed by atoms with Crippen LogP contribution >= 0.6 is 15.9 Å². The monoisotopic (exact) mass is 210 g/mol. The summed E-state index contributed by atoms with van der Waals surface area (Å²) in [5.74, 6) is -0.0574. The summed E-state index contributed by atoms with van der Waals surface area (Å²) in [7, 11) is 0. The first-order chi connectivity index (χ1) is 5.38. The molecule has 0 aliphatic heterocycles. The van der Waals surface area contributed by atoms with E-state index in [4.69, 9.17) is 5.26 Å². The Morgan fingerprint density at radius 3 is 2.64 bits per heavy atom. The number of nitriles is 1. The molecule has 2 nitrogen and oxygen atoms in total. The van der Waals surface area contributed by atoms with Crippen LogP contribution in [0.4, 0.5) is 0 Å². The number of alkyl halides is 1. The number of nitrogens with zero attached hydrogens (tertiary/aromatic N) is 2. The van der Waals surface area contributed by atoms with E-state index in [9.17, 15) is 0 Å². The summed E-state index contributed by atoms with van der Waals surface area (Å²) in [4.78, 5) is 3.87. The molecule has 0 saturated carbocycles. The van der Waals surface area contributed by atoms with Crippen LogP contribution in [0.3, 0.4) is 0 Å². The van der Waals surface area contributed by atoms with Crippen LogP contribution in [0.5, 0.6) is 0 Å². The van der Waals surface area contributed by atoms with Crippen LogP contribution in [0.25, 0.3) is 0 Å². The van der Waals surface area contributed by atoms with Gasteiger partial charge in [0.2, 0.25) is 0 Å². The summed E-state index contributed by atoms with van der Waals surface area (Å²) < 4.78 is 0. The van der Waals surface area contributed by atoms with Gasteiger partial charge in [-0.05, 0) is 17.7 Å². The summed E-state index contributed by atoms with van der Waals surface area (Å²) in [5.41, 5.74) is 1.01. The molecule has 1 unspecified atom stereocenters. The van der Waals surface area contributed by atoms with Gasteiger partial charge in [0.25, 0.3) is 0 Å². The lowest BCUT2D eigenvalue weighted by atomic mass is 10.1. The van der Waals surface area contributed by atoms with Crippen LogP contribution in [0.1, 0.15) is 11.5 Å². The number of halogens is 1. The highest BCUT2D eigenvalue weighted by atomic mass is 79.9. The van der Waals surface area contributed by atoms with Crippen LogP contribution in [0.2, 0.25) is 0 Å². The van der Waals surface area contributed by atoms with Gasteiger partial charge in [0.15, 0.2) is 0 Å². The molecule has 0 spiro atoms. The summed E-state index contributed by atoms with van der Waals surface area (Å²) in [6, 6.07) is 5.91. The van der Waals surface area contributed by atoms with Crippen molar-refractivity contribution in [2.45, 2.75) is 5.92 Å². The van der Waals surface area contributed by atoms with Crippen molar-refractivity contribution in [3.8, 4) is 6.07 Å². The van der Waals surface area contributed by atoms with Crippen molar-refractivity contribution in [2.24, 2.45) is 0 Å². The minimum atomic E-state index is -0.0574. The van der Waals surface area contributed by atoms with Crippen LogP contribution in [0, 0.1) is 11.3 Å². The molecule has 1 rings (SSSR count). The van der Waals surface area contributed by atoms with E-state index in [0.717, 1.165) is 5.56 Å². The third kappa shape index (κ3) is 2.02. The largest absolute Gasteiger partial charge is 0.265 e. The van der Waals surface area contributed by atoms with Crippen LogP contribution in [-0.4, -0.2) is 10.3 Å². The lowest BCUT2D eigenvalue weighted by molar-refractivity contribution is 0.997. The molecule has 56 valence electrons. The highest BCUT2D eigenvalue weighted by Gasteiger charge is 2.06. The van der Waals surface area contributed by atoms with E-state index in [1.807, 2.05) is 12.1 Å². The van der Waals surface area contributed by atoms with E-state index in [1.54, 1.807) is 12.4 Å². The molecule has 0 amide bonds. The van der Waals surface area contributed by atoms with E-state index >= 15 is 0 Å². The number of rotatable bonds is 2. The zero-order valence-electron chi connectivity index (χ0n) is 5.87. The Bertz CT molecular complexity index is 253. The van der Waals surface area contributed by atoms with Crippen molar-refractivity contribution < 1.29 is 0 Å². The van der Waals surface area contributed by atoms with E-state index in [1.165, 1.54) is 0 Å². The number of pyridine rings is 1. The first-order valence-electron chi connectivity index (χ1n) is 3.24. The lowest BCUT2D eigenvalue weighted by Crippen LogP contribution is -1.95. The van der Waals surface area contributed by atoms with Gasteiger partial charge in [0.05, 0.1) is 12.0 Å². The van der Waals surface area contributed by atoms with Gasteiger partial charge in [0, 0.05) is 17.7 Å². The lowest BCUT2D eigenvalue weighted by Gasteiger charge is -2.02. The molecule has 0 bridgehead atoms. The summed E-state index contributed by atoms with van der Waals surface area (Å²) in [5, 5.41) is 9.35. The minimum Gasteiger partial charge on any atom is -0.265 e. The minimum absolute atomic E-state index is 0.0574. The average Bonchev–Trinajstić information content (AvgIpc) is 2.09. The molecule has 3 heteroatoms. The fourth-order valence-electron chi connectivity index (χ4n) is 0.794. The second-order valence-electron chi connectivity index (χ2n) is 2.12. The average molecular weight is 211 g/mol. The standard InChI is InChI=1S/C8H7BrN2/c9-5-8(6-10)7-1-3-11-4-2-7/h1-4,8H,5H2. The quantitative estimate of drug-likeness (QED) is 0.702. The van der Waals surface area contributed by atoms with Gasteiger partial charge in [-0.1, -0.05) is 15.9 Å². The normalized spacial score (nSPS) is 12.0. The van der Waals surface area contributed by atoms with E-state index in [0.29, 0.717) is 5.33 Å². The van der Waals surface area contributed by atoms with Gasteiger partial charge < -0.3 is 0 Å². The zero-order valence-corrected chi connectivity index (χ0v) is 7.45. The van der Waals surface area contributed by atoms with Crippen molar-refractivity contribution in [3.05, 3.63) is 30.1 Å². The maximum absolute atomic E-state index is 8.68. The fourth-order valence-corrected chi connectivity index (χ4v) is 1.31. The highest BCUT2D eigenvalue weighted by molar-refractivity contribution is 9.09. The molecule has 1 aromatic heterocycles. The summed E-state index contributed by atoms with van der Waals surface area (Å²) >= 11 is 3.27. The molecule has 0 fully saturated rings. The van der Waals surface area contributed by atoms with Crippen LogP contribution < -0.4 is 0 Å². The van der Waals surface area contributed by atoms with E-state index < -0.39 is 0 Å². The fraction of sp³-hybridized carbons (Fsp3) is 0.250. The Kier molecular flexibility index (Phi) is 3.06. The van der Waals surface area contributed by atoms with Crippen molar-refractivity contribution in [2.75, 3.05) is 5.33 Å². The highest BCUT2D eigenvalue weighted by Crippen LogP contribution is 2.15. The van der Waals surface area contributed by atoms with Gasteiger partial charge in [0.1, 0.15) is 0 Å².